The number of hydrogen-bond donors (Lipinski definition) is 2. The summed E-state index contributed by atoms with van der Waals surface area (Å²) in [4.78, 5) is 22.5. The Hall–Kier alpha value is -1.65. The number of hydrogen-bond acceptors (Lipinski definition) is 3. The van der Waals surface area contributed by atoms with Gasteiger partial charge < -0.3 is 5.32 Å². The number of carbonyl (C=O) groups excluding carboxylic acids is 1. The number of H-pyrrole nitrogens is 1. The number of nitrogens with one attached hydrogen (secondary N) is 2. The second kappa shape index (κ2) is 4.92. The Balaban J connectivity index is 1.96. The minimum Gasteiger partial charge on any atom is -0.348 e. The predicted molar refractivity (Wildman–Crippen MR) is 59.2 cm³/mol. The molecule has 0 unspecified atom stereocenters. The number of nitrogens with zero attached hydrogens (tertiary/aromatic N) is 1. The summed E-state index contributed by atoms with van der Waals surface area (Å²) in [6.45, 7) is 0. The summed E-state index contributed by atoms with van der Waals surface area (Å²) in [5, 5.41) is 8.88. The van der Waals surface area contributed by atoms with E-state index in [2.05, 4.69) is 15.5 Å². The molecule has 0 atom stereocenters. The summed E-state index contributed by atoms with van der Waals surface area (Å²) in [6, 6.07) is 3.01. The molecular formula is C11H15N3O2. The fraction of sp³-hybridized carbons (Fsp3) is 0.545. The molecule has 1 aromatic heterocycles. The van der Waals surface area contributed by atoms with Crippen LogP contribution < -0.4 is 10.9 Å². The van der Waals surface area contributed by atoms with E-state index in [-0.39, 0.29) is 23.2 Å². The fourth-order valence-corrected chi connectivity index (χ4v) is 1.98. The van der Waals surface area contributed by atoms with Gasteiger partial charge in [-0.3, -0.25) is 9.59 Å². The van der Waals surface area contributed by atoms with Crippen LogP contribution in [0.5, 0.6) is 0 Å². The van der Waals surface area contributed by atoms with Crippen LogP contribution in [0.2, 0.25) is 0 Å². The van der Waals surface area contributed by atoms with Crippen molar-refractivity contribution in [2.75, 3.05) is 0 Å². The lowest BCUT2D eigenvalue weighted by Crippen LogP contribution is -2.36. The molecule has 86 valence electrons. The van der Waals surface area contributed by atoms with Crippen molar-refractivity contribution in [1.29, 1.82) is 0 Å². The summed E-state index contributed by atoms with van der Waals surface area (Å²) < 4.78 is 0. The lowest BCUT2D eigenvalue weighted by atomic mass is 9.95. The molecule has 1 heterocycles. The van der Waals surface area contributed by atoms with Crippen LogP contribution in [0.25, 0.3) is 0 Å². The zero-order chi connectivity index (χ0) is 11.4. The van der Waals surface area contributed by atoms with E-state index in [1.54, 1.807) is 0 Å². The van der Waals surface area contributed by atoms with Gasteiger partial charge >= 0.3 is 0 Å². The van der Waals surface area contributed by atoms with Crippen LogP contribution >= 0.6 is 0 Å². The highest BCUT2D eigenvalue weighted by Gasteiger charge is 2.17. The average Bonchev–Trinajstić information content (AvgIpc) is 2.31. The molecule has 2 N–H and O–H groups in total. The number of rotatable bonds is 2. The molecule has 1 saturated carbocycles. The van der Waals surface area contributed by atoms with Crippen molar-refractivity contribution in [3.63, 3.8) is 0 Å². The maximum atomic E-state index is 11.7. The van der Waals surface area contributed by atoms with Crippen LogP contribution in [0.1, 0.15) is 42.6 Å². The maximum absolute atomic E-state index is 11.7. The summed E-state index contributed by atoms with van der Waals surface area (Å²) in [7, 11) is 0. The van der Waals surface area contributed by atoms with Gasteiger partial charge in [0.25, 0.3) is 11.5 Å². The SMILES string of the molecule is O=C(NC1CCCCC1)c1ccc(=O)[nH]n1. The molecule has 0 aliphatic heterocycles. The van der Waals surface area contributed by atoms with E-state index in [1.165, 1.54) is 31.4 Å². The van der Waals surface area contributed by atoms with Crippen LogP contribution in [0.15, 0.2) is 16.9 Å². The second-order valence-corrected chi connectivity index (χ2v) is 4.11. The summed E-state index contributed by atoms with van der Waals surface area (Å²) in [5.41, 5.74) is -0.0283. The van der Waals surface area contributed by atoms with Crippen LogP contribution in [0, 0.1) is 0 Å². The molecule has 1 aromatic rings. The Morgan fingerprint density at radius 3 is 2.69 bits per heavy atom. The van der Waals surface area contributed by atoms with Gasteiger partial charge in [-0.25, -0.2) is 5.10 Å². The van der Waals surface area contributed by atoms with Crippen molar-refractivity contribution in [2.24, 2.45) is 0 Å². The third-order valence-electron chi connectivity index (χ3n) is 2.85. The second-order valence-electron chi connectivity index (χ2n) is 4.11. The Morgan fingerprint density at radius 1 is 1.31 bits per heavy atom. The Kier molecular flexibility index (Phi) is 3.34. The van der Waals surface area contributed by atoms with E-state index in [4.69, 9.17) is 0 Å². The molecule has 1 fully saturated rings. The van der Waals surface area contributed by atoms with Gasteiger partial charge in [-0.1, -0.05) is 19.3 Å². The molecule has 0 bridgehead atoms. The van der Waals surface area contributed by atoms with Crippen LogP contribution in [0.3, 0.4) is 0 Å². The number of aromatic nitrogens is 2. The number of aromatic amines is 1. The van der Waals surface area contributed by atoms with Gasteiger partial charge in [0.15, 0.2) is 0 Å². The van der Waals surface area contributed by atoms with E-state index in [0.29, 0.717) is 0 Å². The minimum absolute atomic E-state index is 0.205. The lowest BCUT2D eigenvalue weighted by Gasteiger charge is -2.22. The van der Waals surface area contributed by atoms with Crippen molar-refractivity contribution in [3.05, 3.63) is 28.2 Å². The first kappa shape index (κ1) is 10.9. The molecule has 5 heteroatoms. The Bertz CT molecular complexity index is 401. The van der Waals surface area contributed by atoms with Crippen LogP contribution in [0.4, 0.5) is 0 Å². The fourth-order valence-electron chi connectivity index (χ4n) is 1.98. The predicted octanol–water partition coefficient (Wildman–Crippen LogP) is 0.832. The van der Waals surface area contributed by atoms with Crippen LogP contribution in [-0.2, 0) is 0 Å². The van der Waals surface area contributed by atoms with E-state index in [0.717, 1.165) is 12.8 Å². The van der Waals surface area contributed by atoms with Crippen molar-refractivity contribution >= 4 is 5.91 Å². The van der Waals surface area contributed by atoms with Gasteiger partial charge in [-0.15, -0.1) is 0 Å². The zero-order valence-corrected chi connectivity index (χ0v) is 9.03. The molecule has 0 radical (unpaired) electrons. The van der Waals surface area contributed by atoms with E-state index in [9.17, 15) is 9.59 Å². The van der Waals surface area contributed by atoms with E-state index >= 15 is 0 Å². The quantitative estimate of drug-likeness (QED) is 0.776. The van der Waals surface area contributed by atoms with Crippen molar-refractivity contribution in [1.82, 2.24) is 15.5 Å². The molecule has 2 rings (SSSR count). The molecule has 5 nitrogen and oxygen atoms in total. The van der Waals surface area contributed by atoms with Gasteiger partial charge in [0.1, 0.15) is 5.69 Å². The van der Waals surface area contributed by atoms with Crippen molar-refractivity contribution < 1.29 is 4.79 Å². The molecule has 1 aliphatic rings. The van der Waals surface area contributed by atoms with E-state index < -0.39 is 0 Å². The largest absolute Gasteiger partial charge is 0.348 e. The summed E-state index contributed by atoms with van der Waals surface area (Å²) >= 11 is 0. The van der Waals surface area contributed by atoms with Crippen molar-refractivity contribution in [3.8, 4) is 0 Å². The number of amides is 1. The monoisotopic (exact) mass is 221 g/mol. The first-order valence-electron chi connectivity index (χ1n) is 5.62. The van der Waals surface area contributed by atoms with Gasteiger partial charge in [-0.2, -0.15) is 5.10 Å². The van der Waals surface area contributed by atoms with Gasteiger partial charge in [0.05, 0.1) is 0 Å². The summed E-state index contributed by atoms with van der Waals surface area (Å²) in [6.07, 6.45) is 5.67. The maximum Gasteiger partial charge on any atom is 0.271 e. The first-order chi connectivity index (χ1) is 7.75. The Morgan fingerprint density at radius 2 is 2.06 bits per heavy atom. The smallest absolute Gasteiger partial charge is 0.271 e. The molecule has 0 spiro atoms. The van der Waals surface area contributed by atoms with Crippen molar-refractivity contribution in [2.45, 2.75) is 38.1 Å². The Labute approximate surface area is 93.3 Å². The lowest BCUT2D eigenvalue weighted by molar-refractivity contribution is 0.0921. The molecule has 1 aliphatic carbocycles. The third-order valence-corrected chi connectivity index (χ3v) is 2.85. The van der Waals surface area contributed by atoms with Gasteiger partial charge in [-0.05, 0) is 18.9 Å². The third kappa shape index (κ3) is 2.68. The van der Waals surface area contributed by atoms with Gasteiger partial charge in [0, 0.05) is 12.1 Å². The summed E-state index contributed by atoms with van der Waals surface area (Å²) in [5.74, 6) is -0.205. The van der Waals surface area contributed by atoms with Gasteiger partial charge in [0.2, 0.25) is 0 Å². The standard InChI is InChI=1S/C11H15N3O2/c15-10-7-6-9(13-14-10)11(16)12-8-4-2-1-3-5-8/h6-8H,1-5H2,(H,12,16)(H,14,15). The highest BCUT2D eigenvalue weighted by molar-refractivity contribution is 5.92. The minimum atomic E-state index is -0.297. The zero-order valence-electron chi connectivity index (χ0n) is 9.03. The first-order valence-corrected chi connectivity index (χ1v) is 5.62. The van der Waals surface area contributed by atoms with E-state index in [1.807, 2.05) is 0 Å². The van der Waals surface area contributed by atoms with Crippen LogP contribution in [-0.4, -0.2) is 22.1 Å². The highest BCUT2D eigenvalue weighted by atomic mass is 16.2. The molecule has 16 heavy (non-hydrogen) atoms. The molecule has 0 saturated heterocycles. The normalized spacial score (nSPS) is 17.0. The molecule has 0 aromatic carbocycles. The molecule has 1 amide bonds. The topological polar surface area (TPSA) is 74.8 Å². The highest BCUT2D eigenvalue weighted by Crippen LogP contribution is 2.17. The average molecular weight is 221 g/mol. The number of carbonyl (C=O) groups is 1. The molecular weight excluding hydrogens is 206 g/mol.